The van der Waals surface area contributed by atoms with Crippen LogP contribution in [0.4, 0.5) is 0 Å². The van der Waals surface area contributed by atoms with E-state index in [2.05, 4.69) is 4.98 Å². The first-order valence-electron chi connectivity index (χ1n) is 4.11. The molecular weight excluding hydrogens is 218 g/mol. The van der Waals surface area contributed by atoms with Crippen LogP contribution in [-0.4, -0.2) is 10.1 Å². The average Bonchev–Trinajstić information content (AvgIpc) is 2.64. The van der Waals surface area contributed by atoms with Crippen molar-refractivity contribution >= 4 is 22.9 Å². The minimum absolute atomic E-state index is 0.126. The van der Waals surface area contributed by atoms with Crippen molar-refractivity contribution in [1.29, 1.82) is 0 Å². The summed E-state index contributed by atoms with van der Waals surface area (Å²) in [6.07, 6.45) is 2.51. The van der Waals surface area contributed by atoms with Crippen LogP contribution >= 0.6 is 22.9 Å². The third-order valence-electron chi connectivity index (χ3n) is 1.85. The van der Waals surface area contributed by atoms with Gasteiger partial charge in [-0.3, -0.25) is 0 Å². The van der Waals surface area contributed by atoms with E-state index in [9.17, 15) is 5.11 Å². The van der Waals surface area contributed by atoms with Crippen LogP contribution in [0, 0.1) is 0 Å². The summed E-state index contributed by atoms with van der Waals surface area (Å²) in [6, 6.07) is 5.26. The average molecular weight is 226 g/mol. The fourth-order valence-electron chi connectivity index (χ4n) is 1.18. The highest BCUT2D eigenvalue weighted by Crippen LogP contribution is 2.25. The zero-order chi connectivity index (χ0) is 9.97. The summed E-state index contributed by atoms with van der Waals surface area (Å²) in [6.45, 7) is 0. The number of rotatable bonds is 2. The third kappa shape index (κ3) is 2.05. The number of thiazole rings is 1. The van der Waals surface area contributed by atoms with E-state index in [1.807, 2.05) is 11.4 Å². The van der Waals surface area contributed by atoms with E-state index in [4.69, 9.17) is 11.6 Å². The van der Waals surface area contributed by atoms with Gasteiger partial charge in [0, 0.05) is 18.0 Å². The van der Waals surface area contributed by atoms with Crippen molar-refractivity contribution in [2.75, 3.05) is 0 Å². The lowest BCUT2D eigenvalue weighted by molar-refractivity contribution is 0.475. The second kappa shape index (κ2) is 3.98. The molecule has 0 radical (unpaired) electrons. The van der Waals surface area contributed by atoms with Gasteiger partial charge in [-0.25, -0.2) is 4.98 Å². The number of benzene rings is 1. The molecule has 2 rings (SSSR count). The van der Waals surface area contributed by atoms with Gasteiger partial charge >= 0.3 is 0 Å². The van der Waals surface area contributed by atoms with E-state index in [0.29, 0.717) is 5.02 Å². The molecule has 14 heavy (non-hydrogen) atoms. The fraction of sp³-hybridized carbons (Fsp3) is 0.100. The highest BCUT2D eigenvalue weighted by Gasteiger charge is 2.02. The lowest BCUT2D eigenvalue weighted by Gasteiger charge is -2.00. The maximum atomic E-state index is 9.38. The van der Waals surface area contributed by atoms with Crippen LogP contribution in [0.15, 0.2) is 29.8 Å². The minimum Gasteiger partial charge on any atom is -0.506 e. The van der Waals surface area contributed by atoms with E-state index in [1.54, 1.807) is 29.7 Å². The van der Waals surface area contributed by atoms with Gasteiger partial charge in [-0.15, -0.1) is 11.3 Å². The van der Waals surface area contributed by atoms with Crippen LogP contribution in [0.2, 0.25) is 5.02 Å². The highest BCUT2D eigenvalue weighted by atomic mass is 35.5. The molecule has 0 spiro atoms. The van der Waals surface area contributed by atoms with Gasteiger partial charge in [0.15, 0.2) is 0 Å². The van der Waals surface area contributed by atoms with E-state index in [-0.39, 0.29) is 5.75 Å². The van der Waals surface area contributed by atoms with Crippen molar-refractivity contribution in [2.45, 2.75) is 6.42 Å². The number of hydrogen-bond donors (Lipinski definition) is 1. The lowest BCUT2D eigenvalue weighted by Crippen LogP contribution is -1.86. The number of aromatic nitrogens is 1. The summed E-state index contributed by atoms with van der Waals surface area (Å²) >= 11 is 7.30. The van der Waals surface area contributed by atoms with E-state index >= 15 is 0 Å². The molecule has 0 aliphatic rings. The van der Waals surface area contributed by atoms with Crippen molar-refractivity contribution in [3.63, 3.8) is 0 Å². The lowest BCUT2D eigenvalue weighted by atomic mass is 10.1. The number of phenolic OH excluding ortho intramolecular Hbond substituents is 1. The Morgan fingerprint density at radius 1 is 1.43 bits per heavy atom. The van der Waals surface area contributed by atoms with Gasteiger partial charge in [-0.2, -0.15) is 0 Å². The Hall–Kier alpha value is -1.06. The van der Waals surface area contributed by atoms with Gasteiger partial charge in [0.25, 0.3) is 0 Å². The molecule has 2 nitrogen and oxygen atoms in total. The Morgan fingerprint density at radius 3 is 2.93 bits per heavy atom. The molecule has 0 atom stereocenters. The molecule has 1 heterocycles. The molecule has 2 aromatic rings. The summed E-state index contributed by atoms with van der Waals surface area (Å²) in [7, 11) is 0. The van der Waals surface area contributed by atoms with E-state index < -0.39 is 0 Å². The maximum Gasteiger partial charge on any atom is 0.134 e. The summed E-state index contributed by atoms with van der Waals surface area (Å²) in [5.74, 6) is 0.126. The van der Waals surface area contributed by atoms with E-state index in [1.165, 1.54) is 0 Å². The molecule has 0 fully saturated rings. The molecular formula is C10H8ClNOS. The van der Waals surface area contributed by atoms with Crippen molar-refractivity contribution in [3.05, 3.63) is 45.4 Å². The van der Waals surface area contributed by atoms with Crippen molar-refractivity contribution in [1.82, 2.24) is 4.98 Å². The van der Waals surface area contributed by atoms with E-state index in [0.717, 1.165) is 17.0 Å². The maximum absolute atomic E-state index is 9.38. The predicted octanol–water partition coefficient (Wildman–Crippen LogP) is 3.09. The number of halogens is 1. The Bertz CT molecular complexity index is 428. The highest BCUT2D eigenvalue weighted by molar-refractivity contribution is 7.09. The number of phenols is 1. The summed E-state index contributed by atoms with van der Waals surface area (Å²) in [5, 5.41) is 12.7. The van der Waals surface area contributed by atoms with Crippen molar-refractivity contribution in [3.8, 4) is 5.75 Å². The van der Waals surface area contributed by atoms with Crippen LogP contribution in [0.5, 0.6) is 5.75 Å². The summed E-state index contributed by atoms with van der Waals surface area (Å²) < 4.78 is 0. The van der Waals surface area contributed by atoms with Crippen LogP contribution in [0.1, 0.15) is 10.6 Å². The molecule has 1 aromatic carbocycles. The van der Waals surface area contributed by atoms with Gasteiger partial charge < -0.3 is 5.11 Å². The topological polar surface area (TPSA) is 33.1 Å². The smallest absolute Gasteiger partial charge is 0.134 e. The predicted molar refractivity (Wildman–Crippen MR) is 58.0 cm³/mol. The standard InChI is InChI=1S/C10H8ClNOS/c11-8-2-1-7(5-9(8)13)6-10-12-3-4-14-10/h1-5,13H,6H2. The third-order valence-corrected chi connectivity index (χ3v) is 2.95. The molecule has 0 saturated carbocycles. The molecule has 72 valence electrons. The van der Waals surface area contributed by atoms with Gasteiger partial charge in [0.05, 0.1) is 10.0 Å². The van der Waals surface area contributed by atoms with Crippen LogP contribution in [0.3, 0.4) is 0 Å². The number of hydrogen-bond acceptors (Lipinski definition) is 3. The molecule has 0 amide bonds. The molecule has 0 aliphatic heterocycles. The summed E-state index contributed by atoms with van der Waals surface area (Å²) in [4.78, 5) is 4.17. The first-order chi connectivity index (χ1) is 6.75. The van der Waals surface area contributed by atoms with Crippen molar-refractivity contribution < 1.29 is 5.11 Å². The SMILES string of the molecule is Oc1cc(Cc2nccs2)ccc1Cl. The quantitative estimate of drug-likeness (QED) is 0.852. The van der Waals surface area contributed by atoms with Crippen LogP contribution in [0.25, 0.3) is 0 Å². The second-order valence-electron chi connectivity index (χ2n) is 2.89. The first-order valence-corrected chi connectivity index (χ1v) is 5.37. The molecule has 0 unspecified atom stereocenters. The largest absolute Gasteiger partial charge is 0.506 e. The van der Waals surface area contributed by atoms with Gasteiger partial charge in [0.1, 0.15) is 5.75 Å². The molecule has 4 heteroatoms. The minimum atomic E-state index is 0.126. The zero-order valence-electron chi connectivity index (χ0n) is 7.27. The Morgan fingerprint density at radius 2 is 2.29 bits per heavy atom. The van der Waals surface area contributed by atoms with Gasteiger partial charge in [-0.05, 0) is 17.7 Å². The normalized spacial score (nSPS) is 10.4. The monoisotopic (exact) mass is 225 g/mol. The van der Waals surface area contributed by atoms with Crippen LogP contribution in [-0.2, 0) is 6.42 Å². The second-order valence-corrected chi connectivity index (χ2v) is 4.27. The molecule has 0 bridgehead atoms. The van der Waals surface area contributed by atoms with Gasteiger partial charge in [0.2, 0.25) is 0 Å². The zero-order valence-corrected chi connectivity index (χ0v) is 8.85. The molecule has 0 aliphatic carbocycles. The molecule has 1 aromatic heterocycles. The number of aromatic hydroxyl groups is 1. The number of nitrogens with zero attached hydrogens (tertiary/aromatic N) is 1. The first kappa shape index (κ1) is 9.49. The van der Waals surface area contributed by atoms with Gasteiger partial charge in [-0.1, -0.05) is 17.7 Å². The molecule has 0 saturated heterocycles. The Labute approximate surface area is 90.8 Å². The Kier molecular flexibility index (Phi) is 2.70. The van der Waals surface area contributed by atoms with Crippen molar-refractivity contribution in [2.24, 2.45) is 0 Å². The molecule has 1 N–H and O–H groups in total. The Balaban J connectivity index is 2.22. The summed E-state index contributed by atoms with van der Waals surface area (Å²) in [5.41, 5.74) is 1.02. The van der Waals surface area contributed by atoms with Crippen LogP contribution < -0.4 is 0 Å². The fourth-order valence-corrected chi connectivity index (χ4v) is 1.95.